The first-order valence-corrected chi connectivity index (χ1v) is 5.20. The summed E-state index contributed by atoms with van der Waals surface area (Å²) in [6.45, 7) is 3.83. The van der Waals surface area contributed by atoms with Crippen LogP contribution in [0.25, 0.3) is 0 Å². The lowest BCUT2D eigenvalue weighted by molar-refractivity contribution is -0.138. The van der Waals surface area contributed by atoms with Crippen molar-refractivity contribution in [3.63, 3.8) is 0 Å². The summed E-state index contributed by atoms with van der Waals surface area (Å²) in [6.07, 6.45) is 0.982. The third-order valence-corrected chi connectivity index (χ3v) is 2.94. The number of carboxylic acids is 1. The molecule has 3 heteroatoms. The van der Waals surface area contributed by atoms with Crippen LogP contribution in [0, 0.1) is 0 Å². The van der Waals surface area contributed by atoms with Crippen LogP contribution in [-0.2, 0) is 11.2 Å². The van der Waals surface area contributed by atoms with Crippen LogP contribution in [0.5, 0.6) is 0 Å². The number of para-hydroxylation sites is 1. The Hall–Kier alpha value is -1.51. The molecule has 80 valence electrons. The van der Waals surface area contributed by atoms with Crippen LogP contribution in [0.3, 0.4) is 0 Å². The Balaban J connectivity index is 2.42. The SMILES string of the molecule is CC1Cc2cccc(C(C)C(=O)O)c2N1. The number of hydrogen-bond donors (Lipinski definition) is 2. The van der Waals surface area contributed by atoms with Crippen LogP contribution in [-0.4, -0.2) is 17.1 Å². The van der Waals surface area contributed by atoms with Crippen molar-refractivity contribution in [1.29, 1.82) is 0 Å². The summed E-state index contributed by atoms with van der Waals surface area (Å²) in [4.78, 5) is 11.0. The van der Waals surface area contributed by atoms with E-state index < -0.39 is 11.9 Å². The van der Waals surface area contributed by atoms with E-state index in [9.17, 15) is 4.79 Å². The molecular formula is C12H15NO2. The Morgan fingerprint density at radius 3 is 3.00 bits per heavy atom. The smallest absolute Gasteiger partial charge is 0.310 e. The predicted molar refractivity (Wildman–Crippen MR) is 59.3 cm³/mol. The van der Waals surface area contributed by atoms with Crippen molar-refractivity contribution < 1.29 is 9.90 Å². The molecule has 1 aromatic carbocycles. The summed E-state index contributed by atoms with van der Waals surface area (Å²) in [7, 11) is 0. The number of benzene rings is 1. The van der Waals surface area contributed by atoms with Gasteiger partial charge in [0.25, 0.3) is 0 Å². The Kier molecular flexibility index (Phi) is 2.39. The molecule has 0 fully saturated rings. The molecule has 1 aromatic rings. The fourth-order valence-corrected chi connectivity index (χ4v) is 2.09. The van der Waals surface area contributed by atoms with Gasteiger partial charge in [0.15, 0.2) is 0 Å². The molecule has 1 aliphatic heterocycles. The highest BCUT2D eigenvalue weighted by Crippen LogP contribution is 2.33. The van der Waals surface area contributed by atoms with Gasteiger partial charge in [0, 0.05) is 11.7 Å². The molecule has 0 spiro atoms. The molecule has 1 aliphatic rings. The number of anilines is 1. The van der Waals surface area contributed by atoms with Crippen molar-refractivity contribution in [2.75, 3.05) is 5.32 Å². The predicted octanol–water partition coefficient (Wildman–Crippen LogP) is 2.23. The zero-order chi connectivity index (χ0) is 11.0. The van der Waals surface area contributed by atoms with E-state index in [1.165, 1.54) is 5.56 Å². The first-order valence-electron chi connectivity index (χ1n) is 5.20. The summed E-state index contributed by atoms with van der Waals surface area (Å²) in [5.74, 6) is -1.22. The van der Waals surface area contributed by atoms with E-state index in [1.54, 1.807) is 6.92 Å². The standard InChI is InChI=1S/C12H15NO2/c1-7-6-9-4-3-5-10(11(9)13-7)8(2)12(14)15/h3-5,7-8,13H,6H2,1-2H3,(H,14,15). The molecule has 15 heavy (non-hydrogen) atoms. The molecule has 0 aromatic heterocycles. The molecule has 2 N–H and O–H groups in total. The molecule has 0 saturated heterocycles. The lowest BCUT2D eigenvalue weighted by Gasteiger charge is -2.13. The molecule has 0 bridgehead atoms. The van der Waals surface area contributed by atoms with Crippen LogP contribution in [0.2, 0.25) is 0 Å². The quantitative estimate of drug-likeness (QED) is 0.778. The number of carboxylic acid groups (broad SMARTS) is 1. The van der Waals surface area contributed by atoms with Gasteiger partial charge in [-0.25, -0.2) is 0 Å². The minimum absolute atomic E-state index is 0.405. The van der Waals surface area contributed by atoms with Gasteiger partial charge >= 0.3 is 5.97 Å². The van der Waals surface area contributed by atoms with E-state index >= 15 is 0 Å². The second-order valence-corrected chi connectivity index (χ2v) is 4.19. The van der Waals surface area contributed by atoms with Gasteiger partial charge < -0.3 is 10.4 Å². The molecule has 0 amide bonds. The highest BCUT2D eigenvalue weighted by molar-refractivity contribution is 5.80. The van der Waals surface area contributed by atoms with Gasteiger partial charge in [0.1, 0.15) is 0 Å². The van der Waals surface area contributed by atoms with Crippen LogP contribution in [0.1, 0.15) is 30.9 Å². The van der Waals surface area contributed by atoms with E-state index in [-0.39, 0.29) is 0 Å². The Bertz CT molecular complexity index is 401. The van der Waals surface area contributed by atoms with Crippen molar-refractivity contribution in [2.45, 2.75) is 32.2 Å². The van der Waals surface area contributed by atoms with Gasteiger partial charge in [-0.3, -0.25) is 4.79 Å². The fraction of sp³-hybridized carbons (Fsp3) is 0.417. The molecule has 2 atom stereocenters. The average Bonchev–Trinajstić information content (AvgIpc) is 2.56. The average molecular weight is 205 g/mol. The molecule has 1 heterocycles. The molecule has 2 unspecified atom stereocenters. The largest absolute Gasteiger partial charge is 0.481 e. The Labute approximate surface area is 89.1 Å². The van der Waals surface area contributed by atoms with Gasteiger partial charge in [0.05, 0.1) is 5.92 Å². The van der Waals surface area contributed by atoms with Gasteiger partial charge in [-0.2, -0.15) is 0 Å². The lowest BCUT2D eigenvalue weighted by atomic mass is 9.97. The Morgan fingerprint density at radius 1 is 1.60 bits per heavy atom. The maximum absolute atomic E-state index is 11.0. The normalized spacial score (nSPS) is 20.5. The molecule has 0 aliphatic carbocycles. The van der Waals surface area contributed by atoms with Crippen molar-refractivity contribution in [2.24, 2.45) is 0 Å². The number of hydrogen-bond acceptors (Lipinski definition) is 2. The second-order valence-electron chi connectivity index (χ2n) is 4.19. The highest BCUT2D eigenvalue weighted by Gasteiger charge is 2.24. The van der Waals surface area contributed by atoms with Gasteiger partial charge in [0.2, 0.25) is 0 Å². The van der Waals surface area contributed by atoms with E-state index in [4.69, 9.17) is 5.11 Å². The van der Waals surface area contributed by atoms with Crippen molar-refractivity contribution in [3.8, 4) is 0 Å². The van der Waals surface area contributed by atoms with Gasteiger partial charge in [-0.15, -0.1) is 0 Å². The van der Waals surface area contributed by atoms with E-state index in [2.05, 4.69) is 18.3 Å². The third kappa shape index (κ3) is 1.69. The summed E-state index contributed by atoms with van der Waals surface area (Å²) >= 11 is 0. The fourth-order valence-electron chi connectivity index (χ4n) is 2.09. The number of rotatable bonds is 2. The number of carbonyl (C=O) groups is 1. The molecule has 2 rings (SSSR count). The number of aliphatic carboxylic acids is 1. The Morgan fingerprint density at radius 2 is 2.33 bits per heavy atom. The van der Waals surface area contributed by atoms with E-state index in [1.807, 2.05) is 12.1 Å². The minimum Gasteiger partial charge on any atom is -0.481 e. The summed E-state index contributed by atoms with van der Waals surface area (Å²) in [5, 5.41) is 12.3. The van der Waals surface area contributed by atoms with Gasteiger partial charge in [-0.1, -0.05) is 18.2 Å². The maximum Gasteiger partial charge on any atom is 0.310 e. The van der Waals surface area contributed by atoms with Crippen LogP contribution < -0.4 is 5.32 Å². The zero-order valence-electron chi connectivity index (χ0n) is 8.95. The molecule has 0 radical (unpaired) electrons. The first-order chi connectivity index (χ1) is 7.09. The van der Waals surface area contributed by atoms with Crippen molar-refractivity contribution in [1.82, 2.24) is 0 Å². The van der Waals surface area contributed by atoms with E-state index in [0.29, 0.717) is 6.04 Å². The summed E-state index contributed by atoms with van der Waals surface area (Å²) < 4.78 is 0. The summed E-state index contributed by atoms with van der Waals surface area (Å²) in [5.41, 5.74) is 3.15. The topological polar surface area (TPSA) is 49.3 Å². The lowest BCUT2D eigenvalue weighted by Crippen LogP contribution is -2.12. The molecular weight excluding hydrogens is 190 g/mol. The van der Waals surface area contributed by atoms with Crippen LogP contribution in [0.15, 0.2) is 18.2 Å². The summed E-state index contributed by atoms with van der Waals surface area (Å²) in [6, 6.07) is 6.29. The maximum atomic E-state index is 11.0. The zero-order valence-corrected chi connectivity index (χ0v) is 8.95. The van der Waals surface area contributed by atoms with Crippen LogP contribution >= 0.6 is 0 Å². The van der Waals surface area contributed by atoms with Crippen molar-refractivity contribution >= 4 is 11.7 Å². The highest BCUT2D eigenvalue weighted by atomic mass is 16.4. The molecule has 3 nitrogen and oxygen atoms in total. The number of nitrogens with one attached hydrogen (secondary N) is 1. The third-order valence-electron chi connectivity index (χ3n) is 2.94. The monoisotopic (exact) mass is 205 g/mol. The minimum atomic E-state index is -0.773. The van der Waals surface area contributed by atoms with Crippen LogP contribution in [0.4, 0.5) is 5.69 Å². The second kappa shape index (κ2) is 3.57. The van der Waals surface area contributed by atoms with Crippen molar-refractivity contribution in [3.05, 3.63) is 29.3 Å². The first kappa shape index (κ1) is 10.0. The van der Waals surface area contributed by atoms with Gasteiger partial charge in [-0.05, 0) is 31.4 Å². The number of fused-ring (bicyclic) bond motifs is 1. The van der Waals surface area contributed by atoms with E-state index in [0.717, 1.165) is 17.7 Å². The molecule has 0 saturated carbocycles.